The number of anilines is 1. The van der Waals surface area contributed by atoms with E-state index >= 15 is 0 Å². The highest BCUT2D eigenvalue weighted by Crippen LogP contribution is 2.38. The maximum Gasteiger partial charge on any atom is 0.323 e. The number of likely N-dealkylation sites (tertiary alicyclic amines) is 1. The third-order valence-electron chi connectivity index (χ3n) is 5.35. The smallest absolute Gasteiger partial charge is 0.323 e. The molecule has 0 bridgehead atoms. The predicted octanol–water partition coefficient (Wildman–Crippen LogP) is 4.18. The Hall–Kier alpha value is -2.63. The lowest BCUT2D eigenvalue weighted by Crippen LogP contribution is -2.38. The van der Waals surface area contributed by atoms with Gasteiger partial charge in [-0.15, -0.1) is 0 Å². The molecule has 2 aromatic carbocycles. The molecule has 1 aromatic heterocycles. The first-order valence-electron chi connectivity index (χ1n) is 10.1. The summed E-state index contributed by atoms with van der Waals surface area (Å²) in [4.78, 5) is 14.5. The molecule has 2 N–H and O–H groups in total. The van der Waals surface area contributed by atoms with Gasteiger partial charge in [0.05, 0.1) is 16.5 Å². The van der Waals surface area contributed by atoms with E-state index in [4.69, 9.17) is 0 Å². The maximum atomic E-state index is 14.5. The normalized spacial score (nSPS) is 17.3. The summed E-state index contributed by atoms with van der Waals surface area (Å²) in [6.45, 7) is 0.834. The number of carbonyl (C=O) groups excluding carboxylic acids is 1. The van der Waals surface area contributed by atoms with Gasteiger partial charge in [-0.25, -0.2) is 26.7 Å². The molecule has 1 fully saturated rings. The van der Waals surface area contributed by atoms with Crippen LogP contribution in [0.15, 0.2) is 36.4 Å². The second-order valence-electron chi connectivity index (χ2n) is 7.74. The summed E-state index contributed by atoms with van der Waals surface area (Å²) in [5.41, 5.74) is 0.147. The number of benzene rings is 2. The van der Waals surface area contributed by atoms with E-state index in [0.29, 0.717) is 48.0 Å². The predicted molar refractivity (Wildman–Crippen MR) is 121 cm³/mol. The van der Waals surface area contributed by atoms with E-state index in [1.807, 2.05) is 0 Å². The van der Waals surface area contributed by atoms with Gasteiger partial charge in [-0.3, -0.25) is 5.32 Å². The first kappa shape index (κ1) is 22.6. The second-order valence-corrected chi connectivity index (χ2v) is 10.3. The van der Waals surface area contributed by atoms with Gasteiger partial charge in [-0.2, -0.15) is 4.37 Å². The summed E-state index contributed by atoms with van der Waals surface area (Å²) < 4.78 is 59.5. The van der Waals surface area contributed by atoms with Crippen molar-refractivity contribution in [2.45, 2.75) is 25.3 Å². The quantitative estimate of drug-likeness (QED) is 0.586. The SMILES string of the molecule is CS(=O)(=O)N[C@H]1CCCN(C(=O)Nc2nsc3cccc(-c4c(F)cccc4F)c23)CC1. The highest BCUT2D eigenvalue weighted by molar-refractivity contribution is 7.88. The van der Waals surface area contributed by atoms with Crippen molar-refractivity contribution in [2.24, 2.45) is 0 Å². The van der Waals surface area contributed by atoms with Crippen molar-refractivity contribution in [3.05, 3.63) is 48.0 Å². The Morgan fingerprint density at radius 3 is 2.56 bits per heavy atom. The van der Waals surface area contributed by atoms with E-state index in [-0.39, 0.29) is 23.5 Å². The molecule has 2 heterocycles. The number of aromatic nitrogens is 1. The minimum atomic E-state index is -3.32. The number of fused-ring (bicyclic) bond motifs is 1. The largest absolute Gasteiger partial charge is 0.324 e. The summed E-state index contributed by atoms with van der Waals surface area (Å²) in [5.74, 6) is -1.15. The minimum absolute atomic E-state index is 0.168. The highest BCUT2D eigenvalue weighted by atomic mass is 32.2. The van der Waals surface area contributed by atoms with Gasteiger partial charge in [-0.1, -0.05) is 18.2 Å². The Labute approximate surface area is 188 Å². The van der Waals surface area contributed by atoms with Crippen molar-refractivity contribution in [1.82, 2.24) is 14.0 Å². The fourth-order valence-electron chi connectivity index (χ4n) is 3.94. The van der Waals surface area contributed by atoms with Gasteiger partial charge in [0.1, 0.15) is 11.6 Å². The zero-order chi connectivity index (χ0) is 22.9. The molecule has 1 atom stereocenters. The lowest BCUT2D eigenvalue weighted by atomic mass is 10.0. The van der Waals surface area contributed by atoms with Crippen LogP contribution in [-0.4, -0.2) is 49.1 Å². The Morgan fingerprint density at radius 1 is 1.12 bits per heavy atom. The van der Waals surface area contributed by atoms with Crippen LogP contribution in [0.4, 0.5) is 19.4 Å². The molecule has 4 rings (SSSR count). The monoisotopic (exact) mass is 480 g/mol. The molecule has 1 aliphatic rings. The number of carbonyl (C=O) groups is 1. The fourth-order valence-corrected chi connectivity index (χ4v) is 5.55. The van der Waals surface area contributed by atoms with Gasteiger partial charge >= 0.3 is 6.03 Å². The summed E-state index contributed by atoms with van der Waals surface area (Å²) in [7, 11) is -3.32. The Kier molecular flexibility index (Phi) is 6.40. The van der Waals surface area contributed by atoms with E-state index in [0.717, 1.165) is 17.8 Å². The van der Waals surface area contributed by atoms with Gasteiger partial charge in [0.25, 0.3) is 0 Å². The van der Waals surface area contributed by atoms with Crippen molar-refractivity contribution in [2.75, 3.05) is 24.7 Å². The van der Waals surface area contributed by atoms with Crippen LogP contribution in [-0.2, 0) is 10.0 Å². The molecule has 0 spiro atoms. The topological polar surface area (TPSA) is 91.4 Å². The summed E-state index contributed by atoms with van der Waals surface area (Å²) in [5, 5.41) is 3.25. The molecule has 1 saturated heterocycles. The highest BCUT2D eigenvalue weighted by Gasteiger charge is 2.24. The number of nitrogens with zero attached hydrogens (tertiary/aromatic N) is 2. The van der Waals surface area contributed by atoms with E-state index in [9.17, 15) is 22.0 Å². The molecule has 2 amide bonds. The Morgan fingerprint density at radius 2 is 1.84 bits per heavy atom. The average Bonchev–Trinajstić information content (AvgIpc) is 2.98. The van der Waals surface area contributed by atoms with E-state index < -0.39 is 21.7 Å². The molecular formula is C21H22F2N4O3S2. The summed E-state index contributed by atoms with van der Waals surface area (Å²) in [6, 6.07) is 8.13. The van der Waals surface area contributed by atoms with Gasteiger partial charge in [0, 0.05) is 30.1 Å². The van der Waals surface area contributed by atoms with Crippen molar-refractivity contribution in [3.63, 3.8) is 0 Å². The number of urea groups is 1. The lowest BCUT2D eigenvalue weighted by molar-refractivity contribution is 0.213. The molecule has 3 aromatic rings. The average molecular weight is 481 g/mol. The minimum Gasteiger partial charge on any atom is -0.324 e. The van der Waals surface area contributed by atoms with Crippen LogP contribution < -0.4 is 10.0 Å². The van der Waals surface area contributed by atoms with Crippen LogP contribution in [0.2, 0.25) is 0 Å². The number of amides is 2. The number of hydrogen-bond acceptors (Lipinski definition) is 5. The van der Waals surface area contributed by atoms with Crippen LogP contribution in [0.25, 0.3) is 21.2 Å². The van der Waals surface area contributed by atoms with Crippen LogP contribution >= 0.6 is 11.5 Å². The summed E-state index contributed by atoms with van der Waals surface area (Å²) in [6.07, 6.45) is 2.88. The van der Waals surface area contributed by atoms with Crippen LogP contribution in [0.5, 0.6) is 0 Å². The second kappa shape index (κ2) is 9.08. The molecular weight excluding hydrogens is 458 g/mol. The number of hydrogen-bond donors (Lipinski definition) is 2. The number of halogens is 2. The van der Waals surface area contributed by atoms with Crippen LogP contribution in [0.3, 0.4) is 0 Å². The Bertz CT molecular complexity index is 1240. The number of rotatable bonds is 4. The third kappa shape index (κ3) is 4.89. The Balaban J connectivity index is 1.58. The van der Waals surface area contributed by atoms with Crippen LogP contribution in [0, 0.1) is 11.6 Å². The standard InChI is InChI=1S/C21H22F2N4O3S2/c1-32(29,30)26-13-5-4-11-27(12-10-13)21(28)24-20-19-14(6-2-9-17(19)31-25-20)18-15(22)7-3-8-16(18)23/h2-3,6-9,13,26H,4-5,10-12H2,1H3,(H,24,25,28)/t13-/m0/s1. The molecule has 32 heavy (non-hydrogen) atoms. The van der Waals surface area contributed by atoms with E-state index in [1.54, 1.807) is 23.1 Å². The first-order chi connectivity index (χ1) is 15.2. The molecule has 170 valence electrons. The van der Waals surface area contributed by atoms with Gasteiger partial charge < -0.3 is 4.90 Å². The molecule has 7 nitrogen and oxygen atoms in total. The fraction of sp³-hybridized carbons (Fsp3) is 0.333. The summed E-state index contributed by atoms with van der Waals surface area (Å²) >= 11 is 1.13. The van der Waals surface area contributed by atoms with Crippen molar-refractivity contribution < 1.29 is 22.0 Å². The lowest BCUT2D eigenvalue weighted by Gasteiger charge is -2.21. The molecule has 0 saturated carbocycles. The zero-order valence-corrected chi connectivity index (χ0v) is 18.9. The van der Waals surface area contributed by atoms with Gasteiger partial charge in [-0.05, 0) is 49.0 Å². The van der Waals surface area contributed by atoms with Gasteiger partial charge in [0.15, 0.2) is 5.82 Å². The number of sulfonamides is 1. The molecule has 0 aliphatic carbocycles. The molecule has 0 radical (unpaired) electrons. The number of nitrogens with one attached hydrogen (secondary N) is 2. The van der Waals surface area contributed by atoms with E-state index in [2.05, 4.69) is 14.4 Å². The zero-order valence-electron chi connectivity index (χ0n) is 17.3. The van der Waals surface area contributed by atoms with Crippen molar-refractivity contribution in [3.8, 4) is 11.1 Å². The van der Waals surface area contributed by atoms with Gasteiger partial charge in [0.2, 0.25) is 10.0 Å². The molecule has 0 unspecified atom stereocenters. The van der Waals surface area contributed by atoms with E-state index in [1.165, 1.54) is 18.2 Å². The maximum absolute atomic E-state index is 14.5. The molecule has 11 heteroatoms. The van der Waals surface area contributed by atoms with Crippen molar-refractivity contribution >= 4 is 43.5 Å². The van der Waals surface area contributed by atoms with Crippen molar-refractivity contribution in [1.29, 1.82) is 0 Å². The first-order valence-corrected chi connectivity index (χ1v) is 12.8. The third-order valence-corrected chi connectivity index (χ3v) is 6.92. The van der Waals surface area contributed by atoms with Crippen LogP contribution in [0.1, 0.15) is 19.3 Å². The molecule has 1 aliphatic heterocycles.